The number of nitrogens with zero attached hydrogens (tertiary/aromatic N) is 1. The van der Waals surface area contributed by atoms with Crippen LogP contribution in [0.25, 0.3) is 0 Å². The summed E-state index contributed by atoms with van der Waals surface area (Å²) in [6.07, 6.45) is 1.46. The van der Waals surface area contributed by atoms with Crippen molar-refractivity contribution in [2.45, 2.75) is 0 Å². The molecule has 2 N–H and O–H groups in total. The standard InChI is InChI=1S/C11H10N2O6/c1-19-9-3-2-7(6-8(9)13(17)18)12-10(14)4-5-11(15)16/h2-6H,1H3,(H,12,14)(H,15,16)/b5-4-. The van der Waals surface area contributed by atoms with E-state index in [1.165, 1.54) is 19.2 Å². The molecule has 1 amide bonds. The van der Waals surface area contributed by atoms with Crippen LogP contribution in [-0.2, 0) is 9.59 Å². The molecule has 0 radical (unpaired) electrons. The first-order chi connectivity index (χ1) is 8.93. The van der Waals surface area contributed by atoms with Crippen molar-refractivity contribution in [2.24, 2.45) is 0 Å². The largest absolute Gasteiger partial charge is 0.490 e. The number of nitro benzene ring substituents is 1. The molecular weight excluding hydrogens is 256 g/mol. The van der Waals surface area contributed by atoms with E-state index >= 15 is 0 Å². The maximum Gasteiger partial charge on any atom is 0.328 e. The van der Waals surface area contributed by atoms with Gasteiger partial charge in [0.15, 0.2) is 5.75 Å². The second kappa shape index (κ2) is 6.15. The van der Waals surface area contributed by atoms with Crippen molar-refractivity contribution >= 4 is 23.3 Å². The van der Waals surface area contributed by atoms with Crippen LogP contribution in [0.1, 0.15) is 0 Å². The van der Waals surface area contributed by atoms with Gasteiger partial charge in [-0.15, -0.1) is 0 Å². The molecule has 0 saturated carbocycles. The number of hydrogen-bond donors (Lipinski definition) is 2. The van der Waals surface area contributed by atoms with E-state index in [0.717, 1.165) is 12.1 Å². The molecule has 0 aliphatic rings. The highest BCUT2D eigenvalue weighted by molar-refractivity contribution is 6.02. The van der Waals surface area contributed by atoms with E-state index in [9.17, 15) is 19.7 Å². The van der Waals surface area contributed by atoms with Crippen molar-refractivity contribution in [3.8, 4) is 5.75 Å². The Morgan fingerprint density at radius 3 is 2.63 bits per heavy atom. The summed E-state index contributed by atoms with van der Waals surface area (Å²) in [4.78, 5) is 31.6. The zero-order valence-corrected chi connectivity index (χ0v) is 9.82. The molecule has 100 valence electrons. The van der Waals surface area contributed by atoms with E-state index in [1.54, 1.807) is 0 Å². The summed E-state index contributed by atoms with van der Waals surface area (Å²) >= 11 is 0. The quantitative estimate of drug-likeness (QED) is 0.469. The fourth-order valence-corrected chi connectivity index (χ4v) is 1.24. The zero-order chi connectivity index (χ0) is 14.4. The summed E-state index contributed by atoms with van der Waals surface area (Å²) in [6, 6.07) is 3.85. The summed E-state index contributed by atoms with van der Waals surface area (Å²) in [5.74, 6) is -1.91. The molecule has 0 aliphatic heterocycles. The van der Waals surface area contributed by atoms with E-state index in [4.69, 9.17) is 9.84 Å². The molecule has 0 fully saturated rings. The van der Waals surface area contributed by atoms with Gasteiger partial charge in [0.1, 0.15) is 0 Å². The second-order valence-corrected chi connectivity index (χ2v) is 3.30. The Morgan fingerprint density at radius 2 is 2.11 bits per heavy atom. The highest BCUT2D eigenvalue weighted by Gasteiger charge is 2.15. The number of amides is 1. The first kappa shape index (κ1) is 14.2. The Bertz CT molecular complexity index is 552. The lowest BCUT2D eigenvalue weighted by molar-refractivity contribution is -0.385. The van der Waals surface area contributed by atoms with Crippen molar-refractivity contribution in [1.29, 1.82) is 0 Å². The Hall–Kier alpha value is -2.90. The molecule has 1 aromatic rings. The molecule has 1 aromatic carbocycles. The Labute approximate surface area is 107 Å². The number of anilines is 1. The molecule has 0 aromatic heterocycles. The van der Waals surface area contributed by atoms with Crippen molar-refractivity contribution in [2.75, 3.05) is 12.4 Å². The van der Waals surface area contributed by atoms with E-state index in [1.807, 2.05) is 0 Å². The molecule has 1 rings (SSSR count). The third kappa shape index (κ3) is 4.11. The van der Waals surface area contributed by atoms with Crippen LogP contribution in [-0.4, -0.2) is 29.0 Å². The Kier molecular flexibility index (Phi) is 4.58. The van der Waals surface area contributed by atoms with Crippen LogP contribution < -0.4 is 10.1 Å². The molecule has 0 atom stereocenters. The maximum absolute atomic E-state index is 11.3. The van der Waals surface area contributed by atoms with Gasteiger partial charge in [0.2, 0.25) is 5.91 Å². The maximum atomic E-state index is 11.3. The SMILES string of the molecule is COc1ccc(NC(=O)/C=C\C(=O)O)cc1[N+](=O)[O-]. The topological polar surface area (TPSA) is 119 Å². The van der Waals surface area contributed by atoms with E-state index in [-0.39, 0.29) is 17.1 Å². The molecule has 8 heteroatoms. The smallest absolute Gasteiger partial charge is 0.328 e. The number of benzene rings is 1. The van der Waals surface area contributed by atoms with Crippen LogP contribution in [0.2, 0.25) is 0 Å². The van der Waals surface area contributed by atoms with Crippen LogP contribution in [0.5, 0.6) is 5.75 Å². The van der Waals surface area contributed by atoms with Gasteiger partial charge in [-0.25, -0.2) is 4.79 Å². The normalized spacial score (nSPS) is 10.2. The van der Waals surface area contributed by atoms with Crippen LogP contribution in [0, 0.1) is 10.1 Å². The molecule has 0 heterocycles. The van der Waals surface area contributed by atoms with Crippen molar-refractivity contribution in [3.63, 3.8) is 0 Å². The van der Waals surface area contributed by atoms with Gasteiger partial charge in [0.05, 0.1) is 12.0 Å². The van der Waals surface area contributed by atoms with Crippen LogP contribution in [0.3, 0.4) is 0 Å². The van der Waals surface area contributed by atoms with Crippen molar-refractivity contribution < 1.29 is 24.4 Å². The average Bonchev–Trinajstić information content (AvgIpc) is 2.36. The Balaban J connectivity index is 2.91. The summed E-state index contributed by atoms with van der Waals surface area (Å²) in [5, 5.41) is 21.4. The van der Waals surface area contributed by atoms with Gasteiger partial charge >= 0.3 is 11.7 Å². The zero-order valence-electron chi connectivity index (χ0n) is 9.82. The number of carboxylic acids is 1. The lowest BCUT2D eigenvalue weighted by Crippen LogP contribution is -2.09. The summed E-state index contributed by atoms with van der Waals surface area (Å²) < 4.78 is 4.80. The number of hydrogen-bond acceptors (Lipinski definition) is 5. The molecule has 0 bridgehead atoms. The fourth-order valence-electron chi connectivity index (χ4n) is 1.24. The highest BCUT2D eigenvalue weighted by Crippen LogP contribution is 2.29. The van der Waals surface area contributed by atoms with Gasteiger partial charge < -0.3 is 15.2 Å². The lowest BCUT2D eigenvalue weighted by atomic mass is 10.2. The molecule has 19 heavy (non-hydrogen) atoms. The molecule has 0 spiro atoms. The van der Waals surface area contributed by atoms with Gasteiger partial charge in [-0.3, -0.25) is 14.9 Å². The summed E-state index contributed by atoms with van der Waals surface area (Å²) in [7, 11) is 1.29. The minimum Gasteiger partial charge on any atom is -0.490 e. The van der Waals surface area contributed by atoms with Gasteiger partial charge in [0, 0.05) is 23.9 Å². The number of carboxylic acid groups (broad SMARTS) is 1. The third-order valence-electron chi connectivity index (χ3n) is 2.02. The van der Waals surface area contributed by atoms with Crippen molar-refractivity contribution in [3.05, 3.63) is 40.5 Å². The van der Waals surface area contributed by atoms with Crippen LogP contribution >= 0.6 is 0 Å². The Morgan fingerprint density at radius 1 is 1.42 bits per heavy atom. The molecule has 0 aliphatic carbocycles. The number of methoxy groups -OCH3 is 1. The second-order valence-electron chi connectivity index (χ2n) is 3.30. The first-order valence-electron chi connectivity index (χ1n) is 4.98. The molecule has 0 saturated heterocycles. The highest BCUT2D eigenvalue weighted by atomic mass is 16.6. The number of nitrogens with one attached hydrogen (secondary N) is 1. The number of carbonyl (C=O) groups excluding carboxylic acids is 1. The van der Waals surface area contributed by atoms with Gasteiger partial charge in [-0.05, 0) is 12.1 Å². The van der Waals surface area contributed by atoms with Crippen molar-refractivity contribution in [1.82, 2.24) is 0 Å². The van der Waals surface area contributed by atoms with Gasteiger partial charge in [-0.2, -0.15) is 0 Å². The van der Waals surface area contributed by atoms with E-state index in [2.05, 4.69) is 5.32 Å². The monoisotopic (exact) mass is 266 g/mol. The lowest BCUT2D eigenvalue weighted by Gasteiger charge is -2.05. The third-order valence-corrected chi connectivity index (χ3v) is 2.02. The fraction of sp³-hybridized carbons (Fsp3) is 0.0909. The van der Waals surface area contributed by atoms with Crippen LogP contribution in [0.15, 0.2) is 30.4 Å². The summed E-state index contributed by atoms with van der Waals surface area (Å²) in [6.45, 7) is 0. The average molecular weight is 266 g/mol. The molecule has 8 nitrogen and oxygen atoms in total. The number of ether oxygens (including phenoxy) is 1. The minimum atomic E-state index is -1.27. The molecular formula is C11H10N2O6. The van der Waals surface area contributed by atoms with E-state index < -0.39 is 16.8 Å². The minimum absolute atomic E-state index is 0.0593. The van der Waals surface area contributed by atoms with Crippen LogP contribution in [0.4, 0.5) is 11.4 Å². The first-order valence-corrected chi connectivity index (χ1v) is 4.98. The number of rotatable bonds is 5. The summed E-state index contributed by atoms with van der Waals surface area (Å²) in [5.41, 5.74) is -0.143. The number of nitro groups is 1. The van der Waals surface area contributed by atoms with Gasteiger partial charge in [0.25, 0.3) is 0 Å². The number of aliphatic carboxylic acids is 1. The molecule has 0 unspecified atom stereocenters. The predicted octanol–water partition coefficient (Wildman–Crippen LogP) is 1.18. The predicted molar refractivity (Wildman–Crippen MR) is 65.1 cm³/mol. The van der Waals surface area contributed by atoms with Gasteiger partial charge in [-0.1, -0.05) is 0 Å². The van der Waals surface area contributed by atoms with E-state index in [0.29, 0.717) is 6.08 Å². The number of carbonyl (C=O) groups is 2.